The minimum absolute atomic E-state index is 0.100. The van der Waals surface area contributed by atoms with Crippen LogP contribution in [0.2, 0.25) is 0 Å². The third kappa shape index (κ3) is 7.65. The van der Waals surface area contributed by atoms with Gasteiger partial charge in [-0.05, 0) is 105 Å². The van der Waals surface area contributed by atoms with Crippen LogP contribution in [0.25, 0.3) is 111 Å². The highest BCUT2D eigenvalue weighted by molar-refractivity contribution is 6.14. The van der Waals surface area contributed by atoms with Crippen LogP contribution in [0.4, 0.5) is 26.3 Å². The first-order valence-corrected chi connectivity index (χ1v) is 23.2. The van der Waals surface area contributed by atoms with Gasteiger partial charge in [-0.1, -0.05) is 170 Å². The molecule has 0 radical (unpaired) electrons. The maximum Gasteiger partial charge on any atom is 0.416 e. The second-order valence-corrected chi connectivity index (χ2v) is 17.9. The summed E-state index contributed by atoms with van der Waals surface area (Å²) in [7, 11) is 0. The van der Waals surface area contributed by atoms with Gasteiger partial charge in [-0.3, -0.25) is 0 Å². The maximum atomic E-state index is 14.7. The molecule has 72 heavy (non-hydrogen) atoms. The molecule has 0 aliphatic carbocycles. The summed E-state index contributed by atoms with van der Waals surface area (Å²) in [5, 5.41) is 14.7. The van der Waals surface area contributed by atoms with Crippen LogP contribution >= 0.6 is 0 Å². The van der Waals surface area contributed by atoms with Crippen LogP contribution < -0.4 is 0 Å². The predicted molar refractivity (Wildman–Crippen MR) is 277 cm³/mol. The maximum absolute atomic E-state index is 14.7. The fourth-order valence-corrected chi connectivity index (χ4v) is 10.2. The van der Waals surface area contributed by atoms with Crippen molar-refractivity contribution >= 4 is 43.6 Å². The van der Waals surface area contributed by atoms with Gasteiger partial charge >= 0.3 is 12.4 Å². The Hall–Kier alpha value is -9.13. The monoisotopic (exact) mass is 949 g/mol. The number of hydrogen-bond acceptors (Lipinski definition) is 1. The molecular formula is C63H37F6N3. The van der Waals surface area contributed by atoms with E-state index in [1.54, 1.807) is 12.1 Å². The molecular weight excluding hydrogens is 913 g/mol. The van der Waals surface area contributed by atoms with Crippen molar-refractivity contribution < 1.29 is 26.3 Å². The summed E-state index contributed by atoms with van der Waals surface area (Å²) in [5.74, 6) is 0. The number of halogens is 6. The zero-order valence-electron chi connectivity index (χ0n) is 38.0. The van der Waals surface area contributed by atoms with Crippen LogP contribution in [0, 0.1) is 11.3 Å². The Kier molecular flexibility index (Phi) is 10.5. The summed E-state index contributed by atoms with van der Waals surface area (Å²) in [5.41, 5.74) is 7.68. The van der Waals surface area contributed by atoms with E-state index in [-0.39, 0.29) is 17.2 Å². The molecule has 9 heteroatoms. The van der Waals surface area contributed by atoms with Crippen molar-refractivity contribution in [3.63, 3.8) is 0 Å². The second kappa shape index (κ2) is 17.1. The Labute approximate surface area is 409 Å². The SMILES string of the molecule is N#Cc1cc(-n2c3cc(-c4ccccc4)ccc3c3ccc(-c4ccccc4)cc32)c(-n2c3cc(-c4ccccc4)ccc3c3ccc(-c4ccccc4)cc32)cc1-c1cc(C(F)(F)F)cc(C(F)(F)F)c1. The molecule has 0 fully saturated rings. The molecule has 0 atom stereocenters. The van der Waals surface area contributed by atoms with Crippen molar-refractivity contribution in [2.24, 2.45) is 0 Å². The fourth-order valence-electron chi connectivity index (χ4n) is 10.2. The van der Waals surface area contributed by atoms with E-state index in [9.17, 15) is 31.6 Å². The number of nitrogens with zero attached hydrogens (tertiary/aromatic N) is 3. The largest absolute Gasteiger partial charge is 0.416 e. The van der Waals surface area contributed by atoms with Crippen molar-refractivity contribution in [3.05, 3.63) is 241 Å². The number of fused-ring (bicyclic) bond motifs is 6. The van der Waals surface area contributed by atoms with Crippen LogP contribution in [0.3, 0.4) is 0 Å². The molecule has 0 unspecified atom stereocenters. The normalized spacial score (nSPS) is 12.0. The lowest BCUT2D eigenvalue weighted by molar-refractivity contribution is -0.143. The quantitative estimate of drug-likeness (QED) is 0.147. The van der Waals surface area contributed by atoms with Gasteiger partial charge in [-0.25, -0.2) is 0 Å². The molecule has 0 aliphatic rings. The van der Waals surface area contributed by atoms with E-state index in [0.29, 0.717) is 23.5 Å². The fraction of sp³-hybridized carbons (Fsp3) is 0.0317. The Balaban J connectivity index is 1.27. The lowest BCUT2D eigenvalue weighted by atomic mass is 9.94. The van der Waals surface area contributed by atoms with Crippen molar-refractivity contribution in [2.75, 3.05) is 0 Å². The minimum Gasteiger partial charge on any atom is -0.307 e. The lowest BCUT2D eigenvalue weighted by Gasteiger charge is -2.21. The average molecular weight is 950 g/mol. The summed E-state index contributed by atoms with van der Waals surface area (Å²) < 4.78 is 92.1. The third-order valence-corrected chi connectivity index (χ3v) is 13.6. The molecule has 2 heterocycles. The van der Waals surface area contributed by atoms with Crippen molar-refractivity contribution in [3.8, 4) is 73.1 Å². The second-order valence-electron chi connectivity index (χ2n) is 17.9. The molecule has 0 aliphatic heterocycles. The van der Waals surface area contributed by atoms with E-state index in [0.717, 1.165) is 88.1 Å². The van der Waals surface area contributed by atoms with Crippen LogP contribution in [0.5, 0.6) is 0 Å². The van der Waals surface area contributed by atoms with E-state index in [1.807, 2.05) is 150 Å². The number of rotatable bonds is 7. The molecule has 12 rings (SSSR count). The molecule has 0 saturated heterocycles. The first kappa shape index (κ1) is 44.1. The molecule has 0 amide bonds. The third-order valence-electron chi connectivity index (χ3n) is 13.6. The highest BCUT2D eigenvalue weighted by Gasteiger charge is 2.37. The molecule has 2 aromatic heterocycles. The molecule has 0 spiro atoms. The van der Waals surface area contributed by atoms with Crippen LogP contribution in [-0.2, 0) is 12.4 Å². The Morgan fingerprint density at radius 1 is 0.306 bits per heavy atom. The summed E-state index contributed by atoms with van der Waals surface area (Å²) >= 11 is 0. The molecule has 3 nitrogen and oxygen atoms in total. The zero-order valence-corrected chi connectivity index (χ0v) is 38.0. The molecule has 0 saturated carbocycles. The van der Waals surface area contributed by atoms with Gasteiger partial charge in [-0.2, -0.15) is 31.6 Å². The summed E-state index contributed by atoms with van der Waals surface area (Å²) in [4.78, 5) is 0. The van der Waals surface area contributed by atoms with Gasteiger partial charge in [0.2, 0.25) is 0 Å². The van der Waals surface area contributed by atoms with Gasteiger partial charge in [0.15, 0.2) is 0 Å². The average Bonchev–Trinajstić information content (AvgIpc) is 3.91. The van der Waals surface area contributed by atoms with Crippen molar-refractivity contribution in [1.82, 2.24) is 9.13 Å². The predicted octanol–water partition coefficient (Wildman–Crippen LogP) is 18.1. The van der Waals surface area contributed by atoms with E-state index < -0.39 is 29.0 Å². The Morgan fingerprint density at radius 2 is 0.611 bits per heavy atom. The van der Waals surface area contributed by atoms with E-state index in [2.05, 4.69) is 59.2 Å². The van der Waals surface area contributed by atoms with E-state index in [1.165, 1.54) is 0 Å². The first-order chi connectivity index (χ1) is 34.9. The van der Waals surface area contributed by atoms with Gasteiger partial charge in [0.1, 0.15) is 0 Å². The lowest BCUT2D eigenvalue weighted by Crippen LogP contribution is -2.11. The number of nitriles is 1. The van der Waals surface area contributed by atoms with E-state index >= 15 is 0 Å². The van der Waals surface area contributed by atoms with Gasteiger partial charge in [0.05, 0.1) is 56.2 Å². The number of alkyl halides is 6. The standard InChI is InChI=1S/C63H37F6N3/c64-62(65,66)49-29-47(30-50(36-49)63(67,68)69)55-37-61(72-58-33-45(41-17-9-3-10-18-41)23-27-53(58)54-28-24-46(34-59(54)72)42-19-11-4-12-20-42)60(35-48(55)38-70)71-56-31-43(39-13-5-1-6-14-39)21-25-51(56)52-26-22-44(32-57(52)71)40-15-7-2-8-16-40/h1-37H. The summed E-state index contributed by atoms with van der Waals surface area (Å²) in [6.45, 7) is 0. The Morgan fingerprint density at radius 3 is 0.903 bits per heavy atom. The smallest absolute Gasteiger partial charge is 0.307 e. The van der Waals surface area contributed by atoms with E-state index in [4.69, 9.17) is 0 Å². The minimum atomic E-state index is -5.13. The van der Waals surface area contributed by atoms with Crippen LogP contribution in [0.15, 0.2) is 224 Å². The number of hydrogen-bond donors (Lipinski definition) is 0. The van der Waals surface area contributed by atoms with Gasteiger partial charge in [-0.15, -0.1) is 0 Å². The highest BCUT2D eigenvalue weighted by atomic mass is 19.4. The summed E-state index contributed by atoms with van der Waals surface area (Å²) in [6, 6.07) is 71.2. The first-order valence-electron chi connectivity index (χ1n) is 23.2. The topological polar surface area (TPSA) is 33.6 Å². The number of aromatic nitrogens is 2. The van der Waals surface area contributed by atoms with Gasteiger partial charge < -0.3 is 9.13 Å². The zero-order chi connectivity index (χ0) is 49.3. The van der Waals surface area contributed by atoms with Crippen LogP contribution in [-0.4, -0.2) is 9.13 Å². The van der Waals surface area contributed by atoms with Crippen molar-refractivity contribution in [1.29, 1.82) is 5.26 Å². The van der Waals surface area contributed by atoms with Crippen LogP contribution in [0.1, 0.15) is 16.7 Å². The molecule has 0 bridgehead atoms. The Bertz CT molecular complexity index is 3880. The summed E-state index contributed by atoms with van der Waals surface area (Å²) in [6.07, 6.45) is -10.3. The number of benzene rings is 10. The van der Waals surface area contributed by atoms with Crippen molar-refractivity contribution in [2.45, 2.75) is 12.4 Å². The molecule has 12 aromatic rings. The highest BCUT2D eigenvalue weighted by Crippen LogP contribution is 2.46. The van der Waals surface area contributed by atoms with Gasteiger partial charge in [0, 0.05) is 27.1 Å². The van der Waals surface area contributed by atoms with Gasteiger partial charge in [0.25, 0.3) is 0 Å². The molecule has 346 valence electrons. The molecule has 0 N–H and O–H groups in total. The molecule has 10 aromatic carbocycles.